The fourth-order valence-corrected chi connectivity index (χ4v) is 1.50. The highest BCUT2D eigenvalue weighted by molar-refractivity contribution is 6.30. The number of halogens is 2. The van der Waals surface area contributed by atoms with E-state index in [1.165, 1.54) is 6.33 Å². The zero-order chi connectivity index (χ0) is 11.2. The maximum atomic E-state index is 5.92. The lowest BCUT2D eigenvalue weighted by Gasteiger charge is -2.05. The molecule has 0 aliphatic rings. The van der Waals surface area contributed by atoms with Crippen molar-refractivity contribution >= 4 is 24.0 Å². The Kier molecular flexibility index (Phi) is 5.90. The highest BCUT2D eigenvalue weighted by atomic mass is 35.5. The zero-order valence-electron chi connectivity index (χ0n) is 9.08. The van der Waals surface area contributed by atoms with Crippen LogP contribution in [-0.2, 0) is 13.1 Å². The van der Waals surface area contributed by atoms with E-state index in [1.807, 2.05) is 12.1 Å². The first-order valence-corrected chi connectivity index (χ1v) is 5.36. The van der Waals surface area contributed by atoms with Crippen molar-refractivity contribution in [3.8, 4) is 0 Å². The molecule has 0 aliphatic heterocycles. The highest BCUT2D eigenvalue weighted by Crippen LogP contribution is 2.10. The summed E-state index contributed by atoms with van der Waals surface area (Å²) in [6.45, 7) is 2.31. The molecule has 92 valence electrons. The van der Waals surface area contributed by atoms with Crippen molar-refractivity contribution in [2.45, 2.75) is 13.1 Å². The molecule has 2 aromatic rings. The number of rotatable bonds is 5. The second kappa shape index (κ2) is 7.21. The van der Waals surface area contributed by atoms with E-state index in [9.17, 15) is 0 Å². The SMILES string of the molecule is Cl.Clc1ncccc1CNCCn1cncn1. The van der Waals surface area contributed by atoms with Crippen LogP contribution in [0.25, 0.3) is 0 Å². The Bertz CT molecular complexity index is 432. The smallest absolute Gasteiger partial charge is 0.137 e. The largest absolute Gasteiger partial charge is 0.311 e. The first-order chi connectivity index (χ1) is 7.86. The molecule has 0 amide bonds. The number of pyridine rings is 1. The van der Waals surface area contributed by atoms with E-state index >= 15 is 0 Å². The van der Waals surface area contributed by atoms with Crippen LogP contribution in [0.4, 0.5) is 0 Å². The third-order valence-electron chi connectivity index (χ3n) is 2.14. The summed E-state index contributed by atoms with van der Waals surface area (Å²) in [6, 6.07) is 3.83. The Labute approximate surface area is 111 Å². The van der Waals surface area contributed by atoms with Crippen molar-refractivity contribution in [3.05, 3.63) is 41.7 Å². The molecule has 0 saturated carbocycles. The summed E-state index contributed by atoms with van der Waals surface area (Å²) in [6.07, 6.45) is 4.90. The molecule has 5 nitrogen and oxygen atoms in total. The van der Waals surface area contributed by atoms with Crippen LogP contribution in [0.3, 0.4) is 0 Å². The van der Waals surface area contributed by atoms with E-state index in [0.29, 0.717) is 11.7 Å². The van der Waals surface area contributed by atoms with Crippen molar-refractivity contribution in [2.75, 3.05) is 6.54 Å². The molecule has 0 spiro atoms. The molecule has 2 rings (SSSR count). The van der Waals surface area contributed by atoms with Crippen molar-refractivity contribution in [3.63, 3.8) is 0 Å². The summed E-state index contributed by atoms with van der Waals surface area (Å²) in [7, 11) is 0. The number of nitrogens with one attached hydrogen (secondary N) is 1. The zero-order valence-corrected chi connectivity index (χ0v) is 10.7. The summed E-state index contributed by atoms with van der Waals surface area (Å²) in [5.41, 5.74) is 1.00. The van der Waals surface area contributed by atoms with Crippen LogP contribution in [0.2, 0.25) is 5.15 Å². The van der Waals surface area contributed by atoms with Gasteiger partial charge in [-0.1, -0.05) is 17.7 Å². The third-order valence-corrected chi connectivity index (χ3v) is 2.48. The average molecular weight is 274 g/mol. The van der Waals surface area contributed by atoms with E-state index in [1.54, 1.807) is 17.2 Å². The van der Waals surface area contributed by atoms with Crippen LogP contribution in [0.15, 0.2) is 31.0 Å². The Morgan fingerprint density at radius 1 is 1.41 bits per heavy atom. The van der Waals surface area contributed by atoms with Gasteiger partial charge in [-0.25, -0.2) is 9.97 Å². The van der Waals surface area contributed by atoms with Crippen LogP contribution in [0.1, 0.15) is 5.56 Å². The molecule has 0 radical (unpaired) electrons. The molecule has 0 saturated heterocycles. The molecule has 1 N–H and O–H groups in total. The van der Waals surface area contributed by atoms with Crippen LogP contribution in [0.5, 0.6) is 0 Å². The Balaban J connectivity index is 0.00000144. The van der Waals surface area contributed by atoms with Gasteiger partial charge in [0, 0.05) is 24.8 Å². The molecular weight excluding hydrogens is 261 g/mol. The molecule has 0 aliphatic carbocycles. The van der Waals surface area contributed by atoms with Crippen molar-refractivity contribution in [2.24, 2.45) is 0 Å². The minimum atomic E-state index is 0. The van der Waals surface area contributed by atoms with Gasteiger partial charge in [0.15, 0.2) is 0 Å². The second-order valence-corrected chi connectivity index (χ2v) is 3.65. The number of nitrogens with zero attached hydrogens (tertiary/aromatic N) is 4. The third kappa shape index (κ3) is 4.30. The van der Waals surface area contributed by atoms with Gasteiger partial charge in [0.1, 0.15) is 17.8 Å². The van der Waals surface area contributed by atoms with Gasteiger partial charge < -0.3 is 5.32 Å². The molecule has 2 heterocycles. The second-order valence-electron chi connectivity index (χ2n) is 3.29. The van der Waals surface area contributed by atoms with Crippen LogP contribution < -0.4 is 5.32 Å². The molecular formula is C10H13Cl2N5. The summed E-state index contributed by atoms with van der Waals surface area (Å²) < 4.78 is 1.78. The predicted molar refractivity (Wildman–Crippen MR) is 68.2 cm³/mol. The Hall–Kier alpha value is -1.17. The van der Waals surface area contributed by atoms with E-state index in [2.05, 4.69) is 20.4 Å². The molecule has 7 heteroatoms. The van der Waals surface area contributed by atoms with E-state index in [0.717, 1.165) is 18.7 Å². The molecule has 0 unspecified atom stereocenters. The molecule has 0 aromatic carbocycles. The lowest BCUT2D eigenvalue weighted by molar-refractivity contribution is 0.553. The summed E-state index contributed by atoms with van der Waals surface area (Å²) in [5, 5.41) is 7.82. The van der Waals surface area contributed by atoms with Gasteiger partial charge in [0.05, 0.1) is 6.54 Å². The standard InChI is InChI=1S/C10H12ClN5.ClH/c11-10-9(2-1-3-14-10)6-12-4-5-16-8-13-7-15-16;/h1-3,7-8,12H,4-6H2;1H. The molecule has 2 aromatic heterocycles. The highest BCUT2D eigenvalue weighted by Gasteiger charge is 1.99. The first kappa shape index (κ1) is 13.9. The van der Waals surface area contributed by atoms with Crippen molar-refractivity contribution in [1.82, 2.24) is 25.1 Å². The maximum absolute atomic E-state index is 5.92. The number of aromatic nitrogens is 4. The van der Waals surface area contributed by atoms with Gasteiger partial charge in [-0.05, 0) is 6.07 Å². The van der Waals surface area contributed by atoms with Crippen LogP contribution >= 0.6 is 24.0 Å². The van der Waals surface area contributed by atoms with E-state index in [4.69, 9.17) is 11.6 Å². The topological polar surface area (TPSA) is 55.6 Å². The summed E-state index contributed by atoms with van der Waals surface area (Å²) in [5.74, 6) is 0. The van der Waals surface area contributed by atoms with E-state index in [-0.39, 0.29) is 12.4 Å². The first-order valence-electron chi connectivity index (χ1n) is 4.99. The fraction of sp³-hybridized carbons (Fsp3) is 0.300. The van der Waals surface area contributed by atoms with Crippen molar-refractivity contribution in [1.29, 1.82) is 0 Å². The average Bonchev–Trinajstić information content (AvgIpc) is 2.79. The van der Waals surface area contributed by atoms with Crippen LogP contribution in [-0.4, -0.2) is 26.3 Å². The number of hydrogen-bond donors (Lipinski definition) is 1. The van der Waals surface area contributed by atoms with Crippen LogP contribution in [0, 0.1) is 0 Å². The van der Waals surface area contributed by atoms with Gasteiger partial charge in [-0.15, -0.1) is 12.4 Å². The minimum absolute atomic E-state index is 0. The monoisotopic (exact) mass is 273 g/mol. The molecule has 17 heavy (non-hydrogen) atoms. The van der Waals surface area contributed by atoms with Gasteiger partial charge in [-0.2, -0.15) is 5.10 Å². The molecule has 0 bridgehead atoms. The quantitative estimate of drug-likeness (QED) is 0.663. The minimum Gasteiger partial charge on any atom is -0.311 e. The van der Waals surface area contributed by atoms with E-state index < -0.39 is 0 Å². The normalized spacial score (nSPS) is 9.94. The van der Waals surface area contributed by atoms with Crippen molar-refractivity contribution < 1.29 is 0 Å². The van der Waals surface area contributed by atoms with Gasteiger partial charge in [0.25, 0.3) is 0 Å². The predicted octanol–water partition coefficient (Wildman–Crippen LogP) is 1.54. The Morgan fingerprint density at radius 2 is 2.29 bits per heavy atom. The fourth-order valence-electron chi connectivity index (χ4n) is 1.32. The van der Waals surface area contributed by atoms with Gasteiger partial charge in [-0.3, -0.25) is 4.68 Å². The van der Waals surface area contributed by atoms with Gasteiger partial charge in [0.2, 0.25) is 0 Å². The molecule has 0 fully saturated rings. The lowest BCUT2D eigenvalue weighted by atomic mass is 10.3. The molecule has 0 atom stereocenters. The number of hydrogen-bond acceptors (Lipinski definition) is 4. The Morgan fingerprint density at radius 3 is 3.00 bits per heavy atom. The summed E-state index contributed by atoms with van der Waals surface area (Å²) in [4.78, 5) is 7.87. The van der Waals surface area contributed by atoms with Gasteiger partial charge >= 0.3 is 0 Å². The lowest BCUT2D eigenvalue weighted by Crippen LogP contribution is -2.20. The maximum Gasteiger partial charge on any atom is 0.137 e. The summed E-state index contributed by atoms with van der Waals surface area (Å²) >= 11 is 5.92.